The molecule has 1 aromatic carbocycles. The van der Waals surface area contributed by atoms with E-state index in [1.54, 1.807) is 20.8 Å². The van der Waals surface area contributed by atoms with Gasteiger partial charge in [0.2, 0.25) is 5.91 Å². The van der Waals surface area contributed by atoms with Gasteiger partial charge in [-0.15, -0.1) is 0 Å². The third-order valence-corrected chi connectivity index (χ3v) is 3.99. The van der Waals surface area contributed by atoms with Crippen LogP contribution < -0.4 is 5.32 Å². The van der Waals surface area contributed by atoms with E-state index < -0.39 is 29.2 Å². The molecule has 1 aliphatic heterocycles. The van der Waals surface area contributed by atoms with E-state index in [1.165, 1.54) is 12.1 Å². The number of carbonyl (C=O) groups is 2. The van der Waals surface area contributed by atoms with Crippen molar-refractivity contribution < 1.29 is 27.5 Å². The predicted octanol–water partition coefficient (Wildman–Crippen LogP) is 3.80. The Morgan fingerprint density at radius 3 is 2.28 bits per heavy atom. The molecule has 1 N–H and O–H groups in total. The first-order chi connectivity index (χ1) is 11.5. The van der Waals surface area contributed by atoms with E-state index in [1.807, 2.05) is 0 Å². The van der Waals surface area contributed by atoms with Crippen molar-refractivity contribution in [3.05, 3.63) is 35.4 Å². The zero-order chi connectivity index (χ0) is 18.8. The fraction of sp³-hybridized carbons (Fsp3) is 0.556. The van der Waals surface area contributed by atoms with Gasteiger partial charge in [0.15, 0.2) is 0 Å². The first kappa shape index (κ1) is 19.3. The molecule has 0 spiro atoms. The molecule has 2 rings (SSSR count). The zero-order valence-corrected chi connectivity index (χ0v) is 14.4. The summed E-state index contributed by atoms with van der Waals surface area (Å²) in [4.78, 5) is 23.7. The second-order valence-corrected chi connectivity index (χ2v) is 7.23. The van der Waals surface area contributed by atoms with E-state index in [9.17, 15) is 22.8 Å². The fourth-order valence-electron chi connectivity index (χ4n) is 2.91. The smallest absolute Gasteiger partial charge is 0.416 e. The summed E-state index contributed by atoms with van der Waals surface area (Å²) in [6.07, 6.45) is -3.54. The summed E-state index contributed by atoms with van der Waals surface area (Å²) in [5.74, 6) is -0.992. The molecule has 138 valence electrons. The van der Waals surface area contributed by atoms with E-state index in [4.69, 9.17) is 4.74 Å². The molecule has 1 amide bonds. The number of benzene rings is 1. The lowest BCUT2D eigenvalue weighted by molar-refractivity contribution is -0.155. The van der Waals surface area contributed by atoms with Gasteiger partial charge in [-0.05, 0) is 44.9 Å². The van der Waals surface area contributed by atoms with Crippen LogP contribution in [0.15, 0.2) is 24.3 Å². The van der Waals surface area contributed by atoms with Crippen LogP contribution in [0.5, 0.6) is 0 Å². The highest BCUT2D eigenvalue weighted by Crippen LogP contribution is 2.33. The topological polar surface area (TPSA) is 55.4 Å². The van der Waals surface area contributed by atoms with Crippen LogP contribution in [-0.4, -0.2) is 23.5 Å². The number of alkyl halides is 3. The maximum atomic E-state index is 12.7. The van der Waals surface area contributed by atoms with Gasteiger partial charge in [0.1, 0.15) is 5.60 Å². The lowest BCUT2D eigenvalue weighted by atomic mass is 9.87. The Balaban J connectivity index is 2.22. The van der Waals surface area contributed by atoms with Crippen molar-refractivity contribution >= 4 is 11.9 Å². The predicted molar refractivity (Wildman–Crippen MR) is 85.8 cm³/mol. The Kier molecular flexibility index (Phi) is 5.44. The van der Waals surface area contributed by atoms with Gasteiger partial charge in [0, 0.05) is 18.4 Å². The van der Waals surface area contributed by atoms with Crippen LogP contribution in [0, 0.1) is 0 Å². The summed E-state index contributed by atoms with van der Waals surface area (Å²) in [7, 11) is 0. The van der Waals surface area contributed by atoms with Crippen molar-refractivity contribution in [3.63, 3.8) is 0 Å². The summed E-state index contributed by atoms with van der Waals surface area (Å²) in [6.45, 7) is 5.24. The Morgan fingerprint density at radius 2 is 1.84 bits per heavy atom. The highest BCUT2D eigenvalue weighted by Gasteiger charge is 2.34. The van der Waals surface area contributed by atoms with E-state index in [0.717, 1.165) is 12.1 Å². The van der Waals surface area contributed by atoms with Gasteiger partial charge in [-0.2, -0.15) is 13.2 Å². The molecule has 7 heteroatoms. The van der Waals surface area contributed by atoms with Crippen LogP contribution in [0.4, 0.5) is 13.2 Å². The van der Waals surface area contributed by atoms with Crippen LogP contribution in [0.25, 0.3) is 0 Å². The molecule has 0 radical (unpaired) electrons. The molecule has 1 heterocycles. The maximum absolute atomic E-state index is 12.7. The van der Waals surface area contributed by atoms with Crippen molar-refractivity contribution in [2.24, 2.45) is 0 Å². The van der Waals surface area contributed by atoms with Gasteiger partial charge in [0.25, 0.3) is 0 Å². The van der Waals surface area contributed by atoms with Crippen LogP contribution in [0.3, 0.4) is 0 Å². The Morgan fingerprint density at radius 1 is 1.24 bits per heavy atom. The molecule has 0 aliphatic carbocycles. The van der Waals surface area contributed by atoms with E-state index in [2.05, 4.69) is 5.32 Å². The molecule has 1 fully saturated rings. The minimum Gasteiger partial charge on any atom is -0.460 e. The van der Waals surface area contributed by atoms with Crippen molar-refractivity contribution in [3.8, 4) is 0 Å². The molecule has 2 unspecified atom stereocenters. The third-order valence-electron chi connectivity index (χ3n) is 3.99. The van der Waals surface area contributed by atoms with Crippen LogP contribution in [0.1, 0.15) is 57.1 Å². The van der Waals surface area contributed by atoms with Gasteiger partial charge in [-0.1, -0.05) is 12.1 Å². The molecular weight excluding hydrogens is 335 g/mol. The van der Waals surface area contributed by atoms with Crippen molar-refractivity contribution in [1.29, 1.82) is 0 Å². The minimum absolute atomic E-state index is 0.00637. The number of nitrogens with one attached hydrogen (secondary N) is 1. The number of ether oxygens (including phenoxy) is 1. The minimum atomic E-state index is -4.42. The SMILES string of the molecule is CC(C)(C)OC(=O)CC(c1ccc(C(F)(F)F)cc1)C1CCC(=O)N1. The summed E-state index contributed by atoms with van der Waals surface area (Å²) in [5.41, 5.74) is -0.825. The Labute approximate surface area is 144 Å². The molecular formula is C18H22F3NO3. The highest BCUT2D eigenvalue weighted by molar-refractivity contribution is 5.79. The molecule has 0 bridgehead atoms. The average Bonchev–Trinajstić information content (AvgIpc) is 2.88. The standard InChI is InChI=1S/C18H22F3NO3/c1-17(2,3)25-16(24)10-13(14-8-9-15(23)22-14)11-4-6-12(7-5-11)18(19,20)21/h4-7,13-14H,8-10H2,1-3H3,(H,22,23). The van der Waals surface area contributed by atoms with Crippen molar-refractivity contribution in [1.82, 2.24) is 5.32 Å². The lowest BCUT2D eigenvalue weighted by Crippen LogP contribution is -2.34. The summed E-state index contributed by atoms with van der Waals surface area (Å²) >= 11 is 0. The van der Waals surface area contributed by atoms with Crippen molar-refractivity contribution in [2.45, 2.75) is 63.8 Å². The average molecular weight is 357 g/mol. The van der Waals surface area contributed by atoms with Crippen molar-refractivity contribution in [2.75, 3.05) is 0 Å². The first-order valence-electron chi connectivity index (χ1n) is 8.14. The Bertz CT molecular complexity index is 632. The number of esters is 1. The van der Waals surface area contributed by atoms with Gasteiger partial charge >= 0.3 is 12.1 Å². The Hall–Kier alpha value is -2.05. The van der Waals surface area contributed by atoms with E-state index in [-0.39, 0.29) is 18.4 Å². The van der Waals surface area contributed by atoms with Gasteiger partial charge in [0.05, 0.1) is 12.0 Å². The quantitative estimate of drug-likeness (QED) is 0.834. The number of carbonyl (C=O) groups excluding carboxylic acids is 2. The molecule has 1 saturated heterocycles. The molecule has 25 heavy (non-hydrogen) atoms. The molecule has 1 aliphatic rings. The summed E-state index contributed by atoms with van der Waals surface area (Å²) in [5, 5.41) is 2.80. The van der Waals surface area contributed by atoms with Gasteiger partial charge in [-0.3, -0.25) is 9.59 Å². The summed E-state index contributed by atoms with van der Waals surface area (Å²) in [6, 6.07) is 4.42. The van der Waals surface area contributed by atoms with Crippen LogP contribution in [-0.2, 0) is 20.5 Å². The zero-order valence-electron chi connectivity index (χ0n) is 14.4. The monoisotopic (exact) mass is 357 g/mol. The lowest BCUT2D eigenvalue weighted by Gasteiger charge is -2.26. The molecule has 0 saturated carbocycles. The second-order valence-electron chi connectivity index (χ2n) is 7.23. The van der Waals surface area contributed by atoms with E-state index >= 15 is 0 Å². The van der Waals surface area contributed by atoms with Crippen LogP contribution >= 0.6 is 0 Å². The van der Waals surface area contributed by atoms with E-state index in [0.29, 0.717) is 18.4 Å². The third kappa shape index (κ3) is 5.47. The number of amides is 1. The first-order valence-corrected chi connectivity index (χ1v) is 8.14. The number of rotatable bonds is 4. The summed E-state index contributed by atoms with van der Waals surface area (Å²) < 4.78 is 43.5. The number of hydrogen-bond acceptors (Lipinski definition) is 3. The number of halogens is 3. The normalized spacial score (nSPS) is 19.4. The molecule has 4 nitrogen and oxygen atoms in total. The van der Waals surface area contributed by atoms with Gasteiger partial charge in [-0.25, -0.2) is 0 Å². The van der Waals surface area contributed by atoms with Crippen LogP contribution in [0.2, 0.25) is 0 Å². The van der Waals surface area contributed by atoms with Gasteiger partial charge < -0.3 is 10.1 Å². The maximum Gasteiger partial charge on any atom is 0.416 e. The fourth-order valence-corrected chi connectivity index (χ4v) is 2.91. The molecule has 1 aromatic rings. The largest absolute Gasteiger partial charge is 0.460 e. The molecule has 2 atom stereocenters. The molecule has 0 aromatic heterocycles. The number of hydrogen-bond donors (Lipinski definition) is 1. The second kappa shape index (κ2) is 7.06. The highest BCUT2D eigenvalue weighted by atomic mass is 19.4.